The molecule has 1 aromatic heterocycles. The first-order valence-corrected chi connectivity index (χ1v) is 7.85. The summed E-state index contributed by atoms with van der Waals surface area (Å²) in [6, 6.07) is 7.32. The molecule has 0 saturated carbocycles. The van der Waals surface area contributed by atoms with Crippen LogP contribution in [0.5, 0.6) is 11.5 Å². The number of pyridine rings is 1. The first-order chi connectivity index (χ1) is 11.6. The molecule has 0 spiro atoms. The summed E-state index contributed by atoms with van der Waals surface area (Å²) in [5.74, 6) is 0.696. The van der Waals surface area contributed by atoms with Crippen molar-refractivity contribution in [2.75, 3.05) is 14.2 Å². The number of methoxy groups -OCH3 is 2. The average Bonchev–Trinajstić information content (AvgIpc) is 2.92. The van der Waals surface area contributed by atoms with E-state index in [9.17, 15) is 9.59 Å². The molecule has 1 N–H and O–H groups in total. The SMILES string of the molecule is COc1cc(/C=C2\SC(=O)NC2=O)c(-c2cccnc2)cc1OC. The van der Waals surface area contributed by atoms with Gasteiger partial charge < -0.3 is 9.47 Å². The quantitative estimate of drug-likeness (QED) is 0.861. The zero-order valence-electron chi connectivity index (χ0n) is 13.0. The minimum atomic E-state index is -0.406. The Morgan fingerprint density at radius 2 is 1.92 bits per heavy atom. The molecule has 1 aromatic carbocycles. The summed E-state index contributed by atoms with van der Waals surface area (Å²) in [5, 5.41) is 1.87. The lowest BCUT2D eigenvalue weighted by Gasteiger charge is -2.13. The third kappa shape index (κ3) is 3.11. The molecule has 1 aliphatic heterocycles. The summed E-state index contributed by atoms with van der Waals surface area (Å²) in [6.45, 7) is 0. The molecule has 2 aromatic rings. The van der Waals surface area contributed by atoms with Crippen LogP contribution in [0.25, 0.3) is 17.2 Å². The smallest absolute Gasteiger partial charge is 0.290 e. The van der Waals surface area contributed by atoms with Gasteiger partial charge in [-0.1, -0.05) is 6.07 Å². The summed E-state index contributed by atoms with van der Waals surface area (Å²) >= 11 is 0.870. The Balaban J connectivity index is 2.18. The molecule has 1 aliphatic rings. The Bertz CT molecular complexity index is 834. The second-order valence-electron chi connectivity index (χ2n) is 4.89. The largest absolute Gasteiger partial charge is 0.493 e. The fourth-order valence-electron chi connectivity index (χ4n) is 2.35. The van der Waals surface area contributed by atoms with Gasteiger partial charge in [0.15, 0.2) is 11.5 Å². The third-order valence-corrected chi connectivity index (χ3v) is 4.27. The fraction of sp³-hybridized carbons (Fsp3) is 0.118. The van der Waals surface area contributed by atoms with E-state index in [2.05, 4.69) is 10.3 Å². The maximum absolute atomic E-state index is 11.8. The van der Waals surface area contributed by atoms with Crippen LogP contribution >= 0.6 is 11.8 Å². The molecular formula is C17H14N2O4S. The van der Waals surface area contributed by atoms with Gasteiger partial charge in [-0.2, -0.15) is 0 Å². The molecule has 3 rings (SSSR count). The van der Waals surface area contributed by atoms with Gasteiger partial charge in [0.1, 0.15) is 0 Å². The van der Waals surface area contributed by atoms with E-state index in [0.29, 0.717) is 16.4 Å². The molecule has 1 saturated heterocycles. The number of hydrogen-bond acceptors (Lipinski definition) is 6. The number of ether oxygens (including phenoxy) is 2. The van der Waals surface area contributed by atoms with Crippen LogP contribution in [0.1, 0.15) is 5.56 Å². The summed E-state index contributed by atoms with van der Waals surface area (Å²) in [4.78, 5) is 27.7. The molecule has 0 atom stereocenters. The van der Waals surface area contributed by atoms with Gasteiger partial charge in [0.25, 0.3) is 11.1 Å². The minimum absolute atomic E-state index is 0.331. The van der Waals surface area contributed by atoms with Gasteiger partial charge in [-0.3, -0.25) is 19.9 Å². The number of thioether (sulfide) groups is 1. The van der Waals surface area contributed by atoms with Gasteiger partial charge in [-0.25, -0.2) is 0 Å². The predicted octanol–water partition coefficient (Wildman–Crippen LogP) is 3.09. The molecule has 24 heavy (non-hydrogen) atoms. The maximum Gasteiger partial charge on any atom is 0.290 e. The Morgan fingerprint density at radius 3 is 2.50 bits per heavy atom. The van der Waals surface area contributed by atoms with E-state index in [-0.39, 0.29) is 5.24 Å². The van der Waals surface area contributed by atoms with Crippen molar-refractivity contribution in [3.8, 4) is 22.6 Å². The zero-order valence-corrected chi connectivity index (χ0v) is 13.8. The Kier molecular flexibility index (Phi) is 4.52. The van der Waals surface area contributed by atoms with Crippen molar-refractivity contribution in [3.63, 3.8) is 0 Å². The monoisotopic (exact) mass is 342 g/mol. The number of amides is 2. The van der Waals surface area contributed by atoms with E-state index in [4.69, 9.17) is 9.47 Å². The first kappa shape index (κ1) is 16.1. The number of carbonyl (C=O) groups excluding carboxylic acids is 2. The standard InChI is InChI=1S/C17H14N2O4S/c1-22-13-6-11(7-15-16(20)19-17(21)24-15)12(8-14(13)23-2)10-4-3-5-18-9-10/h3-9H,1-2H3,(H,19,20,21)/b15-7-. The highest BCUT2D eigenvalue weighted by Crippen LogP contribution is 2.38. The van der Waals surface area contributed by atoms with Crippen LogP contribution in [0.15, 0.2) is 41.6 Å². The summed E-state index contributed by atoms with van der Waals surface area (Å²) < 4.78 is 10.7. The Hall–Kier alpha value is -2.80. The summed E-state index contributed by atoms with van der Waals surface area (Å²) in [5.41, 5.74) is 2.41. The highest BCUT2D eigenvalue weighted by Gasteiger charge is 2.25. The molecule has 0 aliphatic carbocycles. The molecule has 122 valence electrons. The third-order valence-electron chi connectivity index (χ3n) is 3.46. The van der Waals surface area contributed by atoms with Crippen molar-refractivity contribution in [1.29, 1.82) is 0 Å². The lowest BCUT2D eigenvalue weighted by molar-refractivity contribution is -0.115. The molecule has 6 nitrogen and oxygen atoms in total. The van der Waals surface area contributed by atoms with Gasteiger partial charge >= 0.3 is 0 Å². The van der Waals surface area contributed by atoms with Gasteiger partial charge in [0, 0.05) is 18.0 Å². The van der Waals surface area contributed by atoms with Crippen LogP contribution in [0.2, 0.25) is 0 Å². The highest BCUT2D eigenvalue weighted by molar-refractivity contribution is 8.18. The van der Waals surface area contributed by atoms with E-state index in [1.54, 1.807) is 38.8 Å². The van der Waals surface area contributed by atoms with E-state index < -0.39 is 5.91 Å². The van der Waals surface area contributed by atoms with E-state index in [1.807, 2.05) is 18.2 Å². The highest BCUT2D eigenvalue weighted by atomic mass is 32.2. The zero-order chi connectivity index (χ0) is 17.1. The Labute approximate surface area is 142 Å². The second kappa shape index (κ2) is 6.76. The molecule has 2 heterocycles. The molecule has 0 unspecified atom stereocenters. The molecule has 7 heteroatoms. The van der Waals surface area contributed by atoms with Crippen LogP contribution in [-0.2, 0) is 4.79 Å². The lowest BCUT2D eigenvalue weighted by Crippen LogP contribution is -2.17. The lowest BCUT2D eigenvalue weighted by atomic mass is 9.99. The van der Waals surface area contributed by atoms with Crippen LogP contribution in [0.4, 0.5) is 4.79 Å². The van der Waals surface area contributed by atoms with Crippen molar-refractivity contribution in [3.05, 3.63) is 47.1 Å². The van der Waals surface area contributed by atoms with Gasteiger partial charge in [0.05, 0.1) is 19.1 Å². The number of nitrogens with zero attached hydrogens (tertiary/aromatic N) is 1. The van der Waals surface area contributed by atoms with Gasteiger partial charge in [-0.05, 0) is 47.2 Å². The molecule has 1 fully saturated rings. The fourth-order valence-corrected chi connectivity index (χ4v) is 3.02. The molecule has 0 radical (unpaired) electrons. The van der Waals surface area contributed by atoms with Crippen molar-refractivity contribution in [1.82, 2.24) is 10.3 Å². The number of imide groups is 1. The summed E-state index contributed by atoms with van der Waals surface area (Å²) in [6.07, 6.45) is 5.06. The number of benzene rings is 1. The maximum atomic E-state index is 11.8. The number of rotatable bonds is 4. The first-order valence-electron chi connectivity index (χ1n) is 7.03. The van der Waals surface area contributed by atoms with Crippen molar-refractivity contribution < 1.29 is 19.1 Å². The number of carbonyl (C=O) groups is 2. The van der Waals surface area contributed by atoms with E-state index in [1.165, 1.54) is 0 Å². The van der Waals surface area contributed by atoms with Gasteiger partial charge in [-0.15, -0.1) is 0 Å². The summed E-state index contributed by atoms with van der Waals surface area (Å²) in [7, 11) is 3.10. The number of aromatic nitrogens is 1. The van der Waals surface area contributed by atoms with Gasteiger partial charge in [0.2, 0.25) is 0 Å². The van der Waals surface area contributed by atoms with E-state index >= 15 is 0 Å². The molecule has 2 amide bonds. The van der Waals surface area contributed by atoms with E-state index in [0.717, 1.165) is 28.5 Å². The number of hydrogen-bond donors (Lipinski definition) is 1. The number of nitrogens with one attached hydrogen (secondary N) is 1. The molecule has 0 bridgehead atoms. The minimum Gasteiger partial charge on any atom is -0.493 e. The van der Waals surface area contributed by atoms with Crippen molar-refractivity contribution >= 4 is 29.0 Å². The molecular weight excluding hydrogens is 328 g/mol. The second-order valence-corrected chi connectivity index (χ2v) is 5.90. The van der Waals surface area contributed by atoms with Crippen LogP contribution in [-0.4, -0.2) is 30.3 Å². The average molecular weight is 342 g/mol. The van der Waals surface area contributed by atoms with Crippen LogP contribution in [0, 0.1) is 0 Å². The topological polar surface area (TPSA) is 77.5 Å². The van der Waals surface area contributed by atoms with Crippen LogP contribution in [0.3, 0.4) is 0 Å². The normalized spacial score (nSPS) is 15.5. The van der Waals surface area contributed by atoms with Crippen LogP contribution < -0.4 is 14.8 Å². The van der Waals surface area contributed by atoms with Crippen molar-refractivity contribution in [2.24, 2.45) is 0 Å². The van der Waals surface area contributed by atoms with Crippen molar-refractivity contribution in [2.45, 2.75) is 0 Å². The Morgan fingerprint density at radius 1 is 1.17 bits per heavy atom. The predicted molar refractivity (Wildman–Crippen MR) is 91.9 cm³/mol.